The summed E-state index contributed by atoms with van der Waals surface area (Å²) in [5.41, 5.74) is 1.82. The van der Waals surface area contributed by atoms with E-state index in [1.165, 1.54) is 24.3 Å². The van der Waals surface area contributed by atoms with Crippen LogP contribution < -0.4 is 10.6 Å². The second kappa shape index (κ2) is 9.39. The van der Waals surface area contributed by atoms with Crippen LogP contribution in [0.5, 0.6) is 0 Å². The molecule has 0 saturated heterocycles. The second-order valence-electron chi connectivity index (χ2n) is 6.93. The molecule has 160 valence electrons. The topological polar surface area (TPSA) is 58.2 Å². The monoisotopic (exact) mass is 502 g/mol. The summed E-state index contributed by atoms with van der Waals surface area (Å²) < 4.78 is 0. The Hall–Kier alpha value is -2.76. The number of halogens is 4. The lowest BCUT2D eigenvalue weighted by molar-refractivity contribution is 0.101. The molecule has 0 unspecified atom stereocenters. The molecule has 0 aliphatic carbocycles. The van der Waals surface area contributed by atoms with E-state index in [1.54, 1.807) is 36.4 Å². The molecule has 0 aliphatic rings. The zero-order valence-electron chi connectivity index (χ0n) is 16.3. The van der Waals surface area contributed by atoms with Crippen LogP contribution in [0.3, 0.4) is 0 Å². The maximum absolute atomic E-state index is 12.8. The van der Waals surface area contributed by atoms with Crippen LogP contribution in [0.15, 0.2) is 72.8 Å². The first-order chi connectivity index (χ1) is 15.3. The Bertz CT molecular complexity index is 1230. The van der Waals surface area contributed by atoms with E-state index in [-0.39, 0.29) is 11.8 Å². The number of amides is 2. The average Bonchev–Trinajstić information content (AvgIpc) is 2.73. The van der Waals surface area contributed by atoms with Crippen molar-refractivity contribution in [3.63, 3.8) is 0 Å². The van der Waals surface area contributed by atoms with Crippen LogP contribution in [-0.2, 0) is 0 Å². The molecule has 0 heterocycles. The first-order valence-electron chi connectivity index (χ1n) is 9.37. The van der Waals surface area contributed by atoms with E-state index >= 15 is 0 Å². The van der Waals surface area contributed by atoms with Gasteiger partial charge in [-0.15, -0.1) is 0 Å². The molecule has 0 aromatic heterocycles. The minimum atomic E-state index is -0.357. The molecule has 4 aromatic rings. The Morgan fingerprint density at radius 3 is 1.22 bits per heavy atom. The summed E-state index contributed by atoms with van der Waals surface area (Å²) in [6, 6.07) is 20.1. The Labute approximate surface area is 204 Å². The summed E-state index contributed by atoms with van der Waals surface area (Å²) in [6.07, 6.45) is 0. The molecule has 4 rings (SSSR count). The fraction of sp³-hybridized carbons (Fsp3) is 0. The highest BCUT2D eigenvalue weighted by molar-refractivity contribution is 6.36. The summed E-state index contributed by atoms with van der Waals surface area (Å²) in [7, 11) is 0. The first-order valence-corrected chi connectivity index (χ1v) is 10.9. The van der Waals surface area contributed by atoms with E-state index in [4.69, 9.17) is 46.4 Å². The lowest BCUT2D eigenvalue weighted by atomic mass is 10.1. The molecule has 0 spiro atoms. The van der Waals surface area contributed by atoms with Gasteiger partial charge in [0, 0.05) is 53.4 Å². The van der Waals surface area contributed by atoms with Crippen molar-refractivity contribution in [2.24, 2.45) is 0 Å². The molecule has 0 fully saturated rings. The summed E-state index contributed by atoms with van der Waals surface area (Å²) in [6.45, 7) is 0. The van der Waals surface area contributed by atoms with Crippen molar-refractivity contribution in [2.75, 3.05) is 10.6 Å². The predicted octanol–water partition coefficient (Wildman–Crippen LogP) is 7.96. The van der Waals surface area contributed by atoms with Gasteiger partial charge >= 0.3 is 0 Å². The van der Waals surface area contributed by atoms with Crippen LogP contribution in [0, 0.1) is 0 Å². The molecule has 0 bridgehead atoms. The number of anilines is 2. The van der Waals surface area contributed by atoms with Crippen LogP contribution in [0.2, 0.25) is 20.1 Å². The zero-order chi connectivity index (χ0) is 22.8. The molecule has 0 atom stereocenters. The van der Waals surface area contributed by atoms with Gasteiger partial charge in [0.05, 0.1) is 0 Å². The van der Waals surface area contributed by atoms with E-state index in [1.807, 2.05) is 12.1 Å². The molecule has 0 radical (unpaired) electrons. The van der Waals surface area contributed by atoms with Gasteiger partial charge in [-0.3, -0.25) is 9.59 Å². The molecule has 0 aliphatic heterocycles. The van der Waals surface area contributed by atoms with E-state index in [2.05, 4.69) is 10.6 Å². The number of carbonyl (C=O) groups is 2. The average molecular weight is 504 g/mol. The fourth-order valence-electron chi connectivity index (χ4n) is 3.29. The van der Waals surface area contributed by atoms with Gasteiger partial charge in [-0.05, 0) is 48.5 Å². The van der Waals surface area contributed by atoms with Crippen LogP contribution >= 0.6 is 46.4 Å². The van der Waals surface area contributed by atoms with Crippen molar-refractivity contribution in [3.8, 4) is 0 Å². The fourth-order valence-corrected chi connectivity index (χ4v) is 4.34. The Balaban J connectivity index is 1.65. The smallest absolute Gasteiger partial charge is 0.255 e. The quantitative estimate of drug-likeness (QED) is 0.296. The van der Waals surface area contributed by atoms with Gasteiger partial charge < -0.3 is 10.6 Å². The largest absolute Gasteiger partial charge is 0.321 e. The minimum Gasteiger partial charge on any atom is -0.321 e. The molecule has 0 saturated carbocycles. The third kappa shape index (κ3) is 5.00. The number of nitrogens with one attached hydrogen (secondary N) is 2. The number of carbonyl (C=O) groups excluding carboxylic acids is 2. The molecule has 2 N–H and O–H groups in total. The summed E-state index contributed by atoms with van der Waals surface area (Å²) in [5, 5.41) is 8.72. The maximum atomic E-state index is 12.8. The van der Waals surface area contributed by atoms with Crippen molar-refractivity contribution < 1.29 is 9.59 Å². The highest BCUT2D eigenvalue weighted by Gasteiger charge is 2.14. The minimum absolute atomic E-state index is 0.335. The summed E-state index contributed by atoms with van der Waals surface area (Å²) >= 11 is 24.0. The third-order valence-corrected chi connectivity index (χ3v) is 5.54. The standard InChI is InChI=1S/C24H14Cl4N2O2/c25-15-7-13(8-16(26)11-15)23(31)29-21-5-1-3-19-20(21)4-2-6-22(19)30-24(32)14-9-17(27)12-18(28)10-14/h1-12H,(H,29,31)(H,30,32). The Morgan fingerprint density at radius 2 is 0.875 bits per heavy atom. The lowest BCUT2D eigenvalue weighted by Crippen LogP contribution is -2.13. The zero-order valence-corrected chi connectivity index (χ0v) is 19.3. The highest BCUT2D eigenvalue weighted by atomic mass is 35.5. The Kier molecular flexibility index (Phi) is 6.58. The van der Waals surface area contributed by atoms with Crippen molar-refractivity contribution >= 4 is 80.4 Å². The van der Waals surface area contributed by atoms with Gasteiger partial charge in [-0.2, -0.15) is 0 Å². The van der Waals surface area contributed by atoms with Gasteiger partial charge in [0.25, 0.3) is 11.8 Å². The van der Waals surface area contributed by atoms with Gasteiger partial charge in [-0.1, -0.05) is 70.7 Å². The predicted molar refractivity (Wildman–Crippen MR) is 133 cm³/mol. The number of benzene rings is 4. The van der Waals surface area contributed by atoms with Crippen LogP contribution in [0.1, 0.15) is 20.7 Å². The van der Waals surface area contributed by atoms with Gasteiger partial charge in [-0.25, -0.2) is 0 Å². The van der Waals surface area contributed by atoms with Crippen LogP contribution in [-0.4, -0.2) is 11.8 Å². The number of hydrogen-bond donors (Lipinski definition) is 2. The van der Waals surface area contributed by atoms with Gasteiger partial charge in [0.1, 0.15) is 0 Å². The van der Waals surface area contributed by atoms with Crippen LogP contribution in [0.4, 0.5) is 11.4 Å². The molecular weight excluding hydrogens is 490 g/mol. The first kappa shape index (κ1) is 22.4. The molecular formula is C24H14Cl4N2O2. The van der Waals surface area contributed by atoms with Crippen molar-refractivity contribution in [1.82, 2.24) is 0 Å². The van der Waals surface area contributed by atoms with E-state index in [0.717, 1.165) is 10.8 Å². The summed E-state index contributed by atoms with van der Waals surface area (Å²) in [4.78, 5) is 25.5. The second-order valence-corrected chi connectivity index (χ2v) is 8.68. The highest BCUT2D eigenvalue weighted by Crippen LogP contribution is 2.31. The normalized spacial score (nSPS) is 10.8. The van der Waals surface area contributed by atoms with Crippen molar-refractivity contribution in [2.45, 2.75) is 0 Å². The van der Waals surface area contributed by atoms with Crippen molar-refractivity contribution in [3.05, 3.63) is 104 Å². The number of hydrogen-bond acceptors (Lipinski definition) is 2. The van der Waals surface area contributed by atoms with Crippen molar-refractivity contribution in [1.29, 1.82) is 0 Å². The lowest BCUT2D eigenvalue weighted by Gasteiger charge is -2.13. The number of fused-ring (bicyclic) bond motifs is 1. The molecule has 4 aromatic carbocycles. The molecule has 8 heteroatoms. The molecule has 2 amide bonds. The molecule has 32 heavy (non-hydrogen) atoms. The molecule has 4 nitrogen and oxygen atoms in total. The van der Waals surface area contributed by atoms with Crippen LogP contribution in [0.25, 0.3) is 10.8 Å². The maximum Gasteiger partial charge on any atom is 0.255 e. The van der Waals surface area contributed by atoms with E-state index in [9.17, 15) is 9.59 Å². The SMILES string of the molecule is O=C(Nc1cccc2c(NC(=O)c3cc(Cl)cc(Cl)c3)cccc12)c1cc(Cl)cc(Cl)c1. The van der Waals surface area contributed by atoms with E-state index in [0.29, 0.717) is 42.6 Å². The third-order valence-electron chi connectivity index (χ3n) is 4.67. The van der Waals surface area contributed by atoms with E-state index < -0.39 is 0 Å². The Morgan fingerprint density at radius 1 is 0.531 bits per heavy atom. The van der Waals surface area contributed by atoms with Gasteiger partial charge in [0.15, 0.2) is 0 Å². The number of rotatable bonds is 4. The van der Waals surface area contributed by atoms with Gasteiger partial charge in [0.2, 0.25) is 0 Å². The summed E-state index contributed by atoms with van der Waals surface area (Å²) in [5.74, 6) is -0.713.